The molecule has 1 aliphatic heterocycles. The van der Waals surface area contributed by atoms with Crippen LogP contribution >= 0.6 is 11.8 Å². The summed E-state index contributed by atoms with van der Waals surface area (Å²) in [5.74, 6) is 0.543. The molecule has 0 aromatic heterocycles. The minimum absolute atomic E-state index is 0.0952. The number of rotatable bonds is 6. The summed E-state index contributed by atoms with van der Waals surface area (Å²) in [5, 5.41) is 32.8. The predicted octanol–water partition coefficient (Wildman–Crippen LogP) is 6.75. The Morgan fingerprint density at radius 1 is 0.771 bits per heavy atom. The zero-order chi connectivity index (χ0) is 28.5. The molecule has 5 nitrogen and oxygen atoms in total. The topological polar surface area (TPSA) is 79.2 Å². The molecule has 0 aromatic carbocycles. The van der Waals surface area contributed by atoms with Gasteiger partial charge < -0.3 is 24.5 Å². The first kappa shape index (κ1) is 33.8. The van der Waals surface area contributed by atoms with Crippen molar-refractivity contribution in [2.45, 2.75) is 158 Å². The fourth-order valence-electron chi connectivity index (χ4n) is 4.99. The minimum atomic E-state index is -2.94. The molecule has 0 saturated carbocycles. The Balaban J connectivity index is 4.30. The molecule has 1 heterocycles. The molecule has 0 aliphatic carbocycles. The molecule has 1 unspecified atom stereocenters. The normalized spacial score (nSPS) is 34.3. The van der Waals surface area contributed by atoms with E-state index in [1.54, 1.807) is 0 Å². The van der Waals surface area contributed by atoms with Crippen LogP contribution in [0.1, 0.15) is 76.2 Å². The van der Waals surface area contributed by atoms with Crippen LogP contribution < -0.4 is 0 Å². The van der Waals surface area contributed by atoms with Gasteiger partial charge in [-0.15, -0.1) is 0 Å². The lowest BCUT2D eigenvalue weighted by molar-refractivity contribution is -0.331. The van der Waals surface area contributed by atoms with Crippen LogP contribution in [0, 0.1) is 0 Å². The van der Waals surface area contributed by atoms with Gasteiger partial charge in [0, 0.05) is 0 Å². The van der Waals surface area contributed by atoms with E-state index in [2.05, 4.69) is 102 Å². The Bertz CT molecular complexity index is 768. The van der Waals surface area contributed by atoms with Crippen LogP contribution in [0.25, 0.3) is 0 Å². The molecule has 0 radical (unpaired) electrons. The summed E-state index contributed by atoms with van der Waals surface area (Å²) in [7, 11) is -8.18. The largest absolute Gasteiger partial charge is 0.409 e. The van der Waals surface area contributed by atoms with E-state index in [4.69, 9.17) is 9.16 Å². The van der Waals surface area contributed by atoms with Crippen molar-refractivity contribution in [3.8, 4) is 0 Å². The van der Waals surface area contributed by atoms with E-state index in [0.717, 1.165) is 0 Å². The number of thioether (sulfide) groups is 1. The van der Waals surface area contributed by atoms with Crippen molar-refractivity contribution in [1.82, 2.24) is 0 Å². The number of ether oxygens (including phenoxy) is 1. The fourth-order valence-corrected chi connectivity index (χ4v) is 16.6. The van der Waals surface area contributed by atoms with Gasteiger partial charge in [0.2, 0.25) is 5.12 Å². The van der Waals surface area contributed by atoms with Gasteiger partial charge in [-0.25, -0.2) is 0 Å². The van der Waals surface area contributed by atoms with Gasteiger partial charge in [-0.05, 0) is 40.9 Å². The predicted molar refractivity (Wildman–Crippen MR) is 160 cm³/mol. The van der Waals surface area contributed by atoms with Crippen molar-refractivity contribution in [2.75, 3.05) is 5.75 Å². The Hall–Kier alpha value is 0.801. The van der Waals surface area contributed by atoms with Crippen LogP contribution in [0.3, 0.4) is 0 Å². The van der Waals surface area contributed by atoms with Gasteiger partial charge in [-0.1, -0.05) is 107 Å². The van der Waals surface area contributed by atoms with Gasteiger partial charge in [-0.2, -0.15) is 0 Å². The standard InChI is InChI=1S/C26H58O5SSi3/c1-18-32-26(29)25(28,34(14,15)22(6,7)8)24(27,33(12,13)21(3,4)5)20(19(2)30-26)31-35(16,17)23(9,10)11/h19-20,27-29H,18H2,1-17H3/t19-,20+,24-,25+,26?/m0/s1. The molecule has 0 spiro atoms. The third kappa shape index (κ3) is 4.86. The quantitative estimate of drug-likeness (QED) is 0.244. The van der Waals surface area contributed by atoms with Crippen LogP contribution in [-0.4, -0.2) is 73.3 Å². The molecular weight excluding hydrogens is 509 g/mol. The van der Waals surface area contributed by atoms with E-state index in [9.17, 15) is 15.3 Å². The minimum Gasteiger partial charge on any atom is -0.409 e. The first-order valence-electron chi connectivity index (χ1n) is 13.2. The highest BCUT2D eigenvalue weighted by molar-refractivity contribution is 8.00. The molecule has 1 saturated heterocycles. The Morgan fingerprint density at radius 3 is 1.49 bits per heavy atom. The molecule has 1 fully saturated rings. The van der Waals surface area contributed by atoms with Crippen LogP contribution in [-0.2, 0) is 9.16 Å². The number of hydrogen-bond donors (Lipinski definition) is 3. The first-order valence-corrected chi connectivity index (χ1v) is 23.1. The lowest BCUT2D eigenvalue weighted by Crippen LogP contribution is -2.93. The van der Waals surface area contributed by atoms with Crippen molar-refractivity contribution < 1.29 is 24.5 Å². The highest BCUT2D eigenvalue weighted by Crippen LogP contribution is 2.64. The number of hydrogen-bond acceptors (Lipinski definition) is 6. The summed E-state index contributed by atoms with van der Waals surface area (Å²) in [6.07, 6.45) is -1.36. The van der Waals surface area contributed by atoms with Crippen molar-refractivity contribution in [2.24, 2.45) is 0 Å². The van der Waals surface area contributed by atoms with Crippen LogP contribution in [0.2, 0.25) is 54.4 Å². The Labute approximate surface area is 224 Å². The highest BCUT2D eigenvalue weighted by atomic mass is 32.2. The molecule has 0 amide bonds. The van der Waals surface area contributed by atoms with E-state index < -0.39 is 52.2 Å². The van der Waals surface area contributed by atoms with Gasteiger partial charge in [0.05, 0.1) is 20.3 Å². The molecule has 5 atom stereocenters. The van der Waals surface area contributed by atoms with E-state index in [1.807, 2.05) is 13.8 Å². The molecule has 35 heavy (non-hydrogen) atoms. The van der Waals surface area contributed by atoms with Gasteiger partial charge in [0.15, 0.2) is 8.32 Å². The zero-order valence-corrected chi connectivity index (χ0v) is 29.7. The Kier molecular flexibility index (Phi) is 9.15. The maximum Gasteiger partial charge on any atom is 0.245 e. The SMILES string of the molecule is CCSC1(O)O[C@@H](C)[C@@H](O[Si](C)(C)C(C)(C)C)[C@](O)([Si](C)(C)C(C)(C)C)[C@@]1(O)[Si](C)(C)C(C)(C)C. The van der Waals surface area contributed by atoms with Crippen molar-refractivity contribution in [3.63, 3.8) is 0 Å². The van der Waals surface area contributed by atoms with Crippen molar-refractivity contribution >= 4 is 36.2 Å². The van der Waals surface area contributed by atoms with Crippen molar-refractivity contribution in [1.29, 1.82) is 0 Å². The summed E-state index contributed by atoms with van der Waals surface area (Å²) in [6, 6.07) is 0. The van der Waals surface area contributed by atoms with Gasteiger partial charge >= 0.3 is 0 Å². The van der Waals surface area contributed by atoms with E-state index >= 15 is 0 Å². The smallest absolute Gasteiger partial charge is 0.245 e. The summed E-state index contributed by atoms with van der Waals surface area (Å²) in [5.41, 5.74) is 0. The zero-order valence-electron chi connectivity index (χ0n) is 25.9. The summed E-state index contributed by atoms with van der Waals surface area (Å²) >= 11 is 1.20. The second-order valence-corrected chi connectivity index (χ2v) is 32.5. The third-order valence-corrected chi connectivity index (χ3v) is 28.9. The van der Waals surface area contributed by atoms with E-state index in [1.165, 1.54) is 11.8 Å². The molecule has 3 N–H and O–H groups in total. The molecule has 0 bridgehead atoms. The number of aliphatic hydroxyl groups is 3. The lowest BCUT2D eigenvalue weighted by atomic mass is 9.97. The van der Waals surface area contributed by atoms with Crippen LogP contribution in [0.4, 0.5) is 0 Å². The van der Waals surface area contributed by atoms with Crippen LogP contribution in [0.5, 0.6) is 0 Å². The Morgan fingerprint density at radius 2 is 1.17 bits per heavy atom. The second-order valence-electron chi connectivity index (χ2n) is 15.4. The third-order valence-electron chi connectivity index (χ3n) is 10.4. The van der Waals surface area contributed by atoms with Crippen molar-refractivity contribution in [3.05, 3.63) is 0 Å². The second kappa shape index (κ2) is 9.47. The maximum atomic E-state index is 13.5. The van der Waals surface area contributed by atoms with E-state index in [-0.39, 0.29) is 15.1 Å². The van der Waals surface area contributed by atoms with Gasteiger partial charge in [-0.3, -0.25) is 0 Å². The monoisotopic (exact) mass is 566 g/mol. The molecular formula is C26H58O5SSi3. The first-order chi connectivity index (χ1) is 15.0. The summed E-state index contributed by atoms with van der Waals surface area (Å²) in [4.78, 5) is 0. The molecule has 210 valence electrons. The summed E-state index contributed by atoms with van der Waals surface area (Å²) < 4.78 is 13.5. The average Bonchev–Trinajstić information content (AvgIpc) is 2.60. The maximum absolute atomic E-state index is 13.5. The van der Waals surface area contributed by atoms with Gasteiger partial charge in [0.1, 0.15) is 18.5 Å². The fraction of sp³-hybridized carbons (Fsp3) is 1.00. The average molecular weight is 567 g/mol. The molecule has 9 heteroatoms. The lowest BCUT2D eigenvalue weighted by Gasteiger charge is -2.71. The van der Waals surface area contributed by atoms with Crippen LogP contribution in [0.15, 0.2) is 0 Å². The highest BCUT2D eigenvalue weighted by Gasteiger charge is 2.82. The van der Waals surface area contributed by atoms with E-state index in [0.29, 0.717) is 5.75 Å². The molecule has 0 aromatic rings. The molecule has 1 aliphatic rings. The summed E-state index contributed by atoms with van der Waals surface area (Å²) in [6.45, 7) is 36.0. The molecule has 1 rings (SSSR count). The van der Waals surface area contributed by atoms with Gasteiger partial charge in [0.25, 0.3) is 0 Å².